The predicted molar refractivity (Wildman–Crippen MR) is 228 cm³/mol. The second kappa shape index (κ2) is 13.8. The Labute approximate surface area is 324 Å². The number of phenols is 1. The maximum Gasteiger partial charge on any atom is 0.149 e. The summed E-state index contributed by atoms with van der Waals surface area (Å²) >= 11 is 0. The van der Waals surface area contributed by atoms with E-state index in [1.54, 1.807) is 0 Å². The molecular formula is C50H46N4O. The Kier molecular flexibility index (Phi) is 8.97. The van der Waals surface area contributed by atoms with Gasteiger partial charge in [0, 0.05) is 34.8 Å². The van der Waals surface area contributed by atoms with E-state index in [1.807, 2.05) is 48.8 Å². The van der Waals surface area contributed by atoms with E-state index in [9.17, 15) is 5.11 Å². The topological polar surface area (TPSA) is 63.8 Å². The predicted octanol–water partition coefficient (Wildman–Crippen LogP) is 12.8. The number of phenolic OH excluding ortho intramolecular Hbond substituents is 1. The highest BCUT2D eigenvalue weighted by Gasteiger charge is 2.29. The van der Waals surface area contributed by atoms with Crippen LogP contribution in [-0.4, -0.2) is 24.6 Å². The van der Waals surface area contributed by atoms with E-state index in [-0.39, 0.29) is 16.6 Å². The number of aromatic nitrogens is 4. The molecular weight excluding hydrogens is 673 g/mol. The van der Waals surface area contributed by atoms with Crippen LogP contribution in [0, 0.1) is 6.92 Å². The Morgan fingerprint density at radius 2 is 1.18 bits per heavy atom. The smallest absolute Gasteiger partial charge is 0.149 e. The minimum atomic E-state index is -0.297. The molecule has 8 aromatic rings. The maximum atomic E-state index is 12.1. The molecule has 1 N–H and O–H groups in total. The van der Waals surface area contributed by atoms with Crippen molar-refractivity contribution in [1.29, 1.82) is 0 Å². The third kappa shape index (κ3) is 6.83. The Balaban J connectivity index is 1.41. The molecule has 0 aliphatic heterocycles. The highest BCUT2D eigenvalue weighted by atomic mass is 16.3. The van der Waals surface area contributed by atoms with E-state index < -0.39 is 0 Å². The van der Waals surface area contributed by atoms with Crippen molar-refractivity contribution < 1.29 is 5.11 Å². The lowest BCUT2D eigenvalue weighted by Crippen LogP contribution is -2.17. The van der Waals surface area contributed by atoms with Gasteiger partial charge in [0.25, 0.3) is 0 Å². The van der Waals surface area contributed by atoms with E-state index in [0.29, 0.717) is 11.4 Å². The molecule has 0 unspecified atom stereocenters. The molecule has 8 rings (SSSR count). The molecule has 55 heavy (non-hydrogen) atoms. The van der Waals surface area contributed by atoms with E-state index in [0.717, 1.165) is 78.2 Å². The van der Waals surface area contributed by atoms with Crippen LogP contribution in [0.25, 0.3) is 72.9 Å². The Hall–Kier alpha value is -6.33. The number of hydrogen-bond acceptors (Lipinski definition) is 4. The molecule has 0 aliphatic carbocycles. The first-order chi connectivity index (χ1) is 26.4. The summed E-state index contributed by atoms with van der Waals surface area (Å²) in [6.07, 6.45) is 3.82. The van der Waals surface area contributed by atoms with Crippen LogP contribution < -0.4 is 0 Å². The Bertz CT molecular complexity index is 2660. The SMILES string of the molecule is Cc1cnc(-c2cc(-c3ccccc3)cc(-c3nccc4c3nc(-c3cc(C(C)(C)C)cc(C(C)(C)C)c3O)n4-c3ccccc3)c2)cc1-c1ccccc1. The molecule has 0 atom stereocenters. The normalized spacial score (nSPS) is 12.0. The van der Waals surface area contributed by atoms with Crippen LogP contribution in [0.4, 0.5) is 0 Å². The number of nitrogens with zero attached hydrogens (tertiary/aromatic N) is 4. The first kappa shape index (κ1) is 35.7. The number of para-hydroxylation sites is 1. The van der Waals surface area contributed by atoms with Crippen LogP contribution in [0.5, 0.6) is 5.75 Å². The van der Waals surface area contributed by atoms with E-state index in [4.69, 9.17) is 15.0 Å². The fourth-order valence-electron chi connectivity index (χ4n) is 7.36. The van der Waals surface area contributed by atoms with Gasteiger partial charge in [0.1, 0.15) is 17.1 Å². The molecule has 3 heterocycles. The van der Waals surface area contributed by atoms with Crippen molar-refractivity contribution in [3.63, 3.8) is 0 Å². The lowest BCUT2D eigenvalue weighted by atomic mass is 9.79. The largest absolute Gasteiger partial charge is 0.507 e. The molecule has 272 valence electrons. The number of pyridine rings is 2. The van der Waals surface area contributed by atoms with Crippen molar-refractivity contribution in [2.45, 2.75) is 59.3 Å². The molecule has 0 aliphatic rings. The number of benzene rings is 5. The number of rotatable bonds is 6. The minimum Gasteiger partial charge on any atom is -0.507 e. The monoisotopic (exact) mass is 718 g/mol. The fourth-order valence-corrected chi connectivity index (χ4v) is 7.36. The fraction of sp³-hybridized carbons (Fsp3) is 0.180. The number of aromatic hydroxyl groups is 1. The summed E-state index contributed by atoms with van der Waals surface area (Å²) < 4.78 is 2.16. The van der Waals surface area contributed by atoms with Crippen molar-refractivity contribution in [1.82, 2.24) is 19.5 Å². The number of hydrogen-bond donors (Lipinski definition) is 1. The molecule has 5 aromatic carbocycles. The molecule has 0 radical (unpaired) electrons. The minimum absolute atomic E-state index is 0.155. The van der Waals surface area contributed by atoms with Crippen LogP contribution in [0.3, 0.4) is 0 Å². The van der Waals surface area contributed by atoms with Gasteiger partial charge < -0.3 is 5.11 Å². The molecule has 5 nitrogen and oxygen atoms in total. The zero-order chi connectivity index (χ0) is 38.5. The highest BCUT2D eigenvalue weighted by molar-refractivity contribution is 5.96. The second-order valence-electron chi connectivity index (χ2n) is 16.5. The molecule has 0 fully saturated rings. The highest BCUT2D eigenvalue weighted by Crippen LogP contribution is 2.44. The van der Waals surface area contributed by atoms with Gasteiger partial charge in [0.05, 0.1) is 22.5 Å². The van der Waals surface area contributed by atoms with Gasteiger partial charge in [0.2, 0.25) is 0 Å². The molecule has 0 bridgehead atoms. The standard InChI is InChI=1S/C50H46N4O/c1-32-31-52-43(30-40(32)34-19-13-9-14-20-34)36-25-35(33-17-11-8-12-18-33)26-37(27-36)45-46-44(23-24-51-45)54(39-21-15-10-16-22-39)48(53-46)41-28-38(49(2,3)4)29-42(47(41)55)50(5,6)7/h8-31,55H,1-7H3. The molecule has 0 spiro atoms. The Morgan fingerprint density at radius 1 is 0.564 bits per heavy atom. The quantitative estimate of drug-likeness (QED) is 0.186. The molecule has 0 amide bonds. The van der Waals surface area contributed by atoms with Crippen LogP contribution in [0.1, 0.15) is 58.2 Å². The summed E-state index contributed by atoms with van der Waals surface area (Å²) in [6, 6.07) is 46.2. The summed E-state index contributed by atoms with van der Waals surface area (Å²) in [5.41, 5.74) is 14.0. The van der Waals surface area contributed by atoms with Crippen LogP contribution in [0.15, 0.2) is 146 Å². The average Bonchev–Trinajstić information content (AvgIpc) is 3.58. The van der Waals surface area contributed by atoms with Gasteiger partial charge in [-0.2, -0.15) is 0 Å². The lowest BCUT2D eigenvalue weighted by Gasteiger charge is -2.27. The Morgan fingerprint density at radius 3 is 1.84 bits per heavy atom. The van der Waals surface area contributed by atoms with Crippen molar-refractivity contribution in [2.24, 2.45) is 0 Å². The molecule has 5 heteroatoms. The molecule has 0 saturated heterocycles. The van der Waals surface area contributed by atoms with Gasteiger partial charge in [-0.05, 0) is 99.7 Å². The van der Waals surface area contributed by atoms with Crippen molar-refractivity contribution in [2.75, 3.05) is 0 Å². The van der Waals surface area contributed by atoms with Gasteiger partial charge in [-0.1, -0.05) is 126 Å². The van der Waals surface area contributed by atoms with Crippen molar-refractivity contribution in [3.05, 3.63) is 163 Å². The van der Waals surface area contributed by atoms with Gasteiger partial charge in [-0.25, -0.2) is 4.98 Å². The first-order valence-corrected chi connectivity index (χ1v) is 18.9. The van der Waals surface area contributed by atoms with Crippen molar-refractivity contribution in [3.8, 4) is 67.6 Å². The zero-order valence-corrected chi connectivity index (χ0v) is 32.6. The number of fused-ring (bicyclic) bond motifs is 1. The van der Waals surface area contributed by atoms with Crippen LogP contribution in [0.2, 0.25) is 0 Å². The number of aryl methyl sites for hydroxylation is 1. The number of imidazole rings is 1. The molecule has 3 aromatic heterocycles. The third-order valence-corrected chi connectivity index (χ3v) is 10.4. The van der Waals surface area contributed by atoms with E-state index in [2.05, 4.69) is 150 Å². The summed E-state index contributed by atoms with van der Waals surface area (Å²) in [4.78, 5) is 15.4. The first-order valence-electron chi connectivity index (χ1n) is 18.9. The van der Waals surface area contributed by atoms with Gasteiger partial charge >= 0.3 is 0 Å². The summed E-state index contributed by atoms with van der Waals surface area (Å²) in [5.74, 6) is 0.909. The van der Waals surface area contributed by atoms with Gasteiger partial charge in [-0.15, -0.1) is 0 Å². The van der Waals surface area contributed by atoms with E-state index in [1.165, 1.54) is 0 Å². The van der Waals surface area contributed by atoms with Crippen LogP contribution in [-0.2, 0) is 10.8 Å². The van der Waals surface area contributed by atoms with Crippen molar-refractivity contribution >= 4 is 11.0 Å². The zero-order valence-electron chi connectivity index (χ0n) is 32.6. The van der Waals surface area contributed by atoms with Crippen LogP contribution >= 0.6 is 0 Å². The summed E-state index contributed by atoms with van der Waals surface area (Å²) in [7, 11) is 0. The molecule has 0 saturated carbocycles. The third-order valence-electron chi connectivity index (χ3n) is 10.4. The summed E-state index contributed by atoms with van der Waals surface area (Å²) in [6.45, 7) is 15.2. The van der Waals surface area contributed by atoms with E-state index >= 15 is 0 Å². The second-order valence-corrected chi connectivity index (χ2v) is 16.5. The maximum absolute atomic E-state index is 12.1. The summed E-state index contributed by atoms with van der Waals surface area (Å²) in [5, 5.41) is 12.1. The average molecular weight is 719 g/mol. The van der Waals surface area contributed by atoms with Gasteiger partial charge in [0.15, 0.2) is 0 Å². The lowest BCUT2D eigenvalue weighted by molar-refractivity contribution is 0.446. The van der Waals surface area contributed by atoms with Gasteiger partial charge in [-0.3, -0.25) is 14.5 Å².